The third kappa shape index (κ3) is 2.87. The lowest BCUT2D eigenvalue weighted by atomic mass is 10.1. The van der Waals surface area contributed by atoms with Gasteiger partial charge in [-0.3, -0.25) is 4.79 Å². The molecule has 92 valence electrons. The van der Waals surface area contributed by atoms with Crippen LogP contribution < -0.4 is 0 Å². The van der Waals surface area contributed by atoms with Gasteiger partial charge in [-0.2, -0.15) is 0 Å². The van der Waals surface area contributed by atoms with E-state index in [1.54, 1.807) is 0 Å². The lowest BCUT2D eigenvalue weighted by molar-refractivity contribution is 0.0775. The minimum Gasteiger partial charge on any atom is -0.334 e. The van der Waals surface area contributed by atoms with Crippen LogP contribution in [0.2, 0.25) is 0 Å². The summed E-state index contributed by atoms with van der Waals surface area (Å²) in [7, 11) is 0. The topological polar surface area (TPSA) is 20.3 Å². The summed E-state index contributed by atoms with van der Waals surface area (Å²) < 4.78 is 0. The van der Waals surface area contributed by atoms with Gasteiger partial charge >= 0.3 is 0 Å². The Hall–Kier alpha value is -1.31. The predicted molar refractivity (Wildman–Crippen MR) is 69.9 cm³/mol. The number of hydrogen-bond donors (Lipinski definition) is 0. The Morgan fingerprint density at radius 1 is 1.24 bits per heavy atom. The van der Waals surface area contributed by atoms with E-state index in [0.29, 0.717) is 0 Å². The van der Waals surface area contributed by atoms with Crippen LogP contribution in [-0.4, -0.2) is 17.4 Å². The van der Waals surface area contributed by atoms with E-state index in [1.165, 1.54) is 18.4 Å². The van der Waals surface area contributed by atoms with Gasteiger partial charge in [0.1, 0.15) is 0 Å². The van der Waals surface area contributed by atoms with E-state index in [-0.39, 0.29) is 5.91 Å². The summed E-state index contributed by atoms with van der Waals surface area (Å²) in [5, 5.41) is 0. The fourth-order valence-corrected chi connectivity index (χ4v) is 2.35. The smallest absolute Gasteiger partial charge is 0.254 e. The summed E-state index contributed by atoms with van der Waals surface area (Å²) in [6, 6.07) is 7.94. The molecule has 1 aromatic rings. The largest absolute Gasteiger partial charge is 0.334 e. The molecule has 2 heteroatoms. The van der Waals surface area contributed by atoms with Crippen molar-refractivity contribution in [2.75, 3.05) is 6.54 Å². The maximum atomic E-state index is 12.1. The van der Waals surface area contributed by atoms with Crippen LogP contribution in [0.3, 0.4) is 0 Å². The van der Waals surface area contributed by atoms with Gasteiger partial charge in [-0.1, -0.05) is 44.9 Å². The summed E-state index contributed by atoms with van der Waals surface area (Å²) in [6.07, 6.45) is 3.60. The number of benzene rings is 1. The second-order valence-corrected chi connectivity index (χ2v) is 5.27. The highest BCUT2D eigenvalue weighted by Crippen LogP contribution is 2.22. The SMILES string of the molecule is CC(C)CCCCN1Cc2ccccc2C1=O. The number of rotatable bonds is 5. The van der Waals surface area contributed by atoms with Crippen molar-refractivity contribution in [3.63, 3.8) is 0 Å². The average Bonchev–Trinajstić information content (AvgIpc) is 2.63. The van der Waals surface area contributed by atoms with Crippen LogP contribution in [-0.2, 0) is 6.54 Å². The predicted octanol–water partition coefficient (Wildman–Crippen LogP) is 3.47. The molecule has 1 aliphatic heterocycles. The Morgan fingerprint density at radius 3 is 2.71 bits per heavy atom. The molecule has 1 amide bonds. The summed E-state index contributed by atoms with van der Waals surface area (Å²) in [6.45, 7) is 6.20. The molecule has 0 unspecified atom stereocenters. The van der Waals surface area contributed by atoms with E-state index >= 15 is 0 Å². The Bertz CT molecular complexity index is 398. The van der Waals surface area contributed by atoms with Crippen molar-refractivity contribution in [1.82, 2.24) is 4.90 Å². The van der Waals surface area contributed by atoms with Crippen molar-refractivity contribution in [2.24, 2.45) is 5.92 Å². The highest BCUT2D eigenvalue weighted by atomic mass is 16.2. The third-order valence-corrected chi connectivity index (χ3v) is 3.36. The lowest BCUT2D eigenvalue weighted by Crippen LogP contribution is -2.24. The van der Waals surface area contributed by atoms with Crippen LogP contribution in [0.1, 0.15) is 49.0 Å². The maximum Gasteiger partial charge on any atom is 0.254 e. The van der Waals surface area contributed by atoms with Crippen molar-refractivity contribution in [2.45, 2.75) is 39.7 Å². The molecule has 17 heavy (non-hydrogen) atoms. The molecule has 1 aromatic carbocycles. The summed E-state index contributed by atoms with van der Waals surface area (Å²) >= 11 is 0. The van der Waals surface area contributed by atoms with Gasteiger partial charge in [-0.25, -0.2) is 0 Å². The molecule has 0 saturated carbocycles. The average molecular weight is 231 g/mol. The highest BCUT2D eigenvalue weighted by Gasteiger charge is 2.25. The molecule has 0 N–H and O–H groups in total. The van der Waals surface area contributed by atoms with Crippen molar-refractivity contribution in [1.29, 1.82) is 0 Å². The molecule has 0 radical (unpaired) electrons. The van der Waals surface area contributed by atoms with E-state index < -0.39 is 0 Å². The molecule has 1 aliphatic rings. The second kappa shape index (κ2) is 5.35. The van der Waals surface area contributed by atoms with Gasteiger partial charge in [0.05, 0.1) is 0 Å². The minimum absolute atomic E-state index is 0.213. The van der Waals surface area contributed by atoms with Crippen LogP contribution >= 0.6 is 0 Å². The number of nitrogens with zero attached hydrogens (tertiary/aromatic N) is 1. The monoisotopic (exact) mass is 231 g/mol. The Balaban J connectivity index is 1.84. The van der Waals surface area contributed by atoms with E-state index in [9.17, 15) is 4.79 Å². The summed E-state index contributed by atoms with van der Waals surface area (Å²) in [5.41, 5.74) is 2.08. The molecule has 0 atom stereocenters. The zero-order valence-corrected chi connectivity index (χ0v) is 10.8. The third-order valence-electron chi connectivity index (χ3n) is 3.36. The molecule has 0 aliphatic carbocycles. The van der Waals surface area contributed by atoms with E-state index in [2.05, 4.69) is 19.9 Å². The van der Waals surface area contributed by atoms with E-state index in [4.69, 9.17) is 0 Å². The normalized spacial score (nSPS) is 14.5. The molecule has 2 rings (SSSR count). The van der Waals surface area contributed by atoms with Crippen LogP contribution in [0.5, 0.6) is 0 Å². The van der Waals surface area contributed by atoms with Gasteiger partial charge in [0.15, 0.2) is 0 Å². The second-order valence-electron chi connectivity index (χ2n) is 5.27. The molecule has 2 nitrogen and oxygen atoms in total. The molecule has 0 spiro atoms. The van der Waals surface area contributed by atoms with Crippen LogP contribution in [0.4, 0.5) is 0 Å². The zero-order chi connectivity index (χ0) is 12.3. The molecule has 1 heterocycles. The van der Waals surface area contributed by atoms with Crippen LogP contribution in [0.25, 0.3) is 0 Å². The number of unbranched alkanes of at least 4 members (excludes halogenated alkanes) is 1. The fraction of sp³-hybridized carbons (Fsp3) is 0.533. The van der Waals surface area contributed by atoms with E-state index in [0.717, 1.165) is 31.0 Å². The van der Waals surface area contributed by atoms with E-state index in [1.807, 2.05) is 23.1 Å². The minimum atomic E-state index is 0.213. The van der Waals surface area contributed by atoms with Crippen molar-refractivity contribution in [3.05, 3.63) is 35.4 Å². The quantitative estimate of drug-likeness (QED) is 0.711. The van der Waals surface area contributed by atoms with Gasteiger partial charge < -0.3 is 4.90 Å². The van der Waals surface area contributed by atoms with Crippen molar-refractivity contribution in [3.8, 4) is 0 Å². The van der Waals surface area contributed by atoms with Gasteiger partial charge in [-0.05, 0) is 24.0 Å². The number of carbonyl (C=O) groups is 1. The Kier molecular flexibility index (Phi) is 3.82. The number of fused-ring (bicyclic) bond motifs is 1. The summed E-state index contributed by atoms with van der Waals surface area (Å²) in [4.78, 5) is 14.0. The fourth-order valence-electron chi connectivity index (χ4n) is 2.35. The molecule has 0 aromatic heterocycles. The maximum absolute atomic E-state index is 12.1. The van der Waals surface area contributed by atoms with Crippen molar-refractivity contribution < 1.29 is 4.79 Å². The molecular formula is C15H21NO. The Labute approximate surface area is 104 Å². The highest BCUT2D eigenvalue weighted by molar-refractivity contribution is 5.98. The lowest BCUT2D eigenvalue weighted by Gasteiger charge is -2.15. The number of amides is 1. The van der Waals surface area contributed by atoms with Gasteiger partial charge in [0.25, 0.3) is 5.91 Å². The van der Waals surface area contributed by atoms with Gasteiger partial charge in [0.2, 0.25) is 0 Å². The standard InChI is InChI=1S/C15H21NO/c1-12(2)7-5-6-10-16-11-13-8-3-4-9-14(13)15(16)17/h3-4,8-9,12H,5-7,10-11H2,1-2H3. The first-order chi connectivity index (χ1) is 8.18. The molecule has 0 saturated heterocycles. The first kappa shape index (κ1) is 12.2. The van der Waals surface area contributed by atoms with Crippen LogP contribution in [0, 0.1) is 5.92 Å². The summed E-state index contributed by atoms with van der Waals surface area (Å²) in [5.74, 6) is 0.978. The first-order valence-corrected chi connectivity index (χ1v) is 6.55. The first-order valence-electron chi connectivity index (χ1n) is 6.55. The molecule has 0 bridgehead atoms. The van der Waals surface area contributed by atoms with Crippen LogP contribution in [0.15, 0.2) is 24.3 Å². The van der Waals surface area contributed by atoms with Crippen molar-refractivity contribution >= 4 is 5.91 Å². The van der Waals surface area contributed by atoms with Gasteiger partial charge in [0, 0.05) is 18.7 Å². The Morgan fingerprint density at radius 2 is 2.00 bits per heavy atom. The zero-order valence-electron chi connectivity index (χ0n) is 10.8. The van der Waals surface area contributed by atoms with Gasteiger partial charge in [-0.15, -0.1) is 0 Å². The molecular weight excluding hydrogens is 210 g/mol. The number of carbonyl (C=O) groups excluding carboxylic acids is 1. The number of hydrogen-bond acceptors (Lipinski definition) is 1. The molecule has 0 fully saturated rings.